The largest absolute Gasteiger partial charge is 0.494 e. The molecule has 0 bridgehead atoms. The van der Waals surface area contributed by atoms with E-state index in [0.29, 0.717) is 13.2 Å². The van der Waals surface area contributed by atoms with E-state index in [1.807, 2.05) is 39.0 Å². The molecule has 0 aliphatic carbocycles. The van der Waals surface area contributed by atoms with Gasteiger partial charge in [0.15, 0.2) is 0 Å². The molecular weight excluding hydrogens is 224 g/mol. The lowest BCUT2D eigenvalue weighted by Crippen LogP contribution is -2.30. The first-order chi connectivity index (χ1) is 8.50. The predicted molar refractivity (Wildman–Crippen MR) is 73.4 cm³/mol. The van der Waals surface area contributed by atoms with Crippen molar-refractivity contribution in [2.24, 2.45) is 5.41 Å². The summed E-state index contributed by atoms with van der Waals surface area (Å²) in [5, 5.41) is 12.4. The van der Waals surface area contributed by atoms with Gasteiger partial charge >= 0.3 is 0 Å². The first-order valence-corrected chi connectivity index (χ1v) is 6.36. The van der Waals surface area contributed by atoms with Gasteiger partial charge in [0, 0.05) is 18.2 Å². The van der Waals surface area contributed by atoms with E-state index < -0.39 is 0 Å². The fourth-order valence-corrected chi connectivity index (χ4v) is 1.68. The van der Waals surface area contributed by atoms with Gasteiger partial charge in [0.2, 0.25) is 0 Å². The van der Waals surface area contributed by atoms with Crippen LogP contribution in [0.4, 0.5) is 0 Å². The minimum absolute atomic E-state index is 0.167. The van der Waals surface area contributed by atoms with Gasteiger partial charge in [0.25, 0.3) is 0 Å². The van der Waals surface area contributed by atoms with Gasteiger partial charge < -0.3 is 10.1 Å². The van der Waals surface area contributed by atoms with Crippen molar-refractivity contribution in [1.29, 1.82) is 5.26 Å². The van der Waals surface area contributed by atoms with Crippen molar-refractivity contribution >= 4 is 0 Å². The number of para-hydroxylation sites is 1. The zero-order valence-corrected chi connectivity index (χ0v) is 11.7. The summed E-state index contributed by atoms with van der Waals surface area (Å²) < 4.78 is 5.61. The lowest BCUT2D eigenvalue weighted by Gasteiger charge is -2.22. The van der Waals surface area contributed by atoms with E-state index in [2.05, 4.69) is 24.4 Å². The summed E-state index contributed by atoms with van der Waals surface area (Å²) in [7, 11) is 0. The molecule has 1 rings (SSSR count). The highest BCUT2D eigenvalue weighted by molar-refractivity contribution is 5.35. The molecule has 0 saturated carbocycles. The lowest BCUT2D eigenvalue weighted by atomic mass is 9.95. The van der Waals surface area contributed by atoms with Gasteiger partial charge in [-0.25, -0.2) is 0 Å². The number of nitriles is 1. The molecule has 0 aliphatic heterocycles. The zero-order valence-electron chi connectivity index (χ0n) is 11.7. The van der Waals surface area contributed by atoms with Crippen molar-refractivity contribution in [1.82, 2.24) is 5.32 Å². The maximum atomic E-state index is 9.00. The molecule has 1 unspecified atom stereocenters. The third kappa shape index (κ3) is 4.05. The molecule has 0 radical (unpaired) electrons. The van der Waals surface area contributed by atoms with E-state index in [-0.39, 0.29) is 11.5 Å². The molecule has 1 aromatic carbocycles. The average molecular weight is 246 g/mol. The average Bonchev–Trinajstić information content (AvgIpc) is 2.37. The molecule has 0 fully saturated rings. The molecule has 1 atom stereocenters. The Bertz CT molecular complexity index is 421. The predicted octanol–water partition coefficient (Wildman–Crippen LogP) is 3.29. The molecule has 3 heteroatoms. The van der Waals surface area contributed by atoms with E-state index in [0.717, 1.165) is 11.3 Å². The Labute approximate surface area is 110 Å². The summed E-state index contributed by atoms with van der Waals surface area (Å²) >= 11 is 0. The monoisotopic (exact) mass is 246 g/mol. The second-order valence-electron chi connectivity index (χ2n) is 5.07. The van der Waals surface area contributed by atoms with E-state index in [1.165, 1.54) is 0 Å². The van der Waals surface area contributed by atoms with Crippen LogP contribution in [0, 0.1) is 16.7 Å². The van der Waals surface area contributed by atoms with Gasteiger partial charge in [-0.05, 0) is 33.8 Å². The van der Waals surface area contributed by atoms with E-state index in [9.17, 15) is 0 Å². The van der Waals surface area contributed by atoms with Crippen LogP contribution in [0.25, 0.3) is 0 Å². The van der Waals surface area contributed by atoms with Gasteiger partial charge in [-0.15, -0.1) is 0 Å². The lowest BCUT2D eigenvalue weighted by molar-refractivity contribution is 0.329. The highest BCUT2D eigenvalue weighted by atomic mass is 16.5. The fourth-order valence-electron chi connectivity index (χ4n) is 1.68. The van der Waals surface area contributed by atoms with Crippen LogP contribution in [0.3, 0.4) is 0 Å². The number of hydrogen-bond acceptors (Lipinski definition) is 3. The fraction of sp³-hybridized carbons (Fsp3) is 0.533. The number of hydrogen-bond donors (Lipinski definition) is 1. The van der Waals surface area contributed by atoms with Crippen molar-refractivity contribution in [2.75, 3.05) is 13.2 Å². The Kier molecular flexibility index (Phi) is 5.18. The molecule has 18 heavy (non-hydrogen) atoms. The maximum absolute atomic E-state index is 9.00. The maximum Gasteiger partial charge on any atom is 0.124 e. The van der Waals surface area contributed by atoms with Gasteiger partial charge in [0.1, 0.15) is 5.75 Å². The second kappa shape index (κ2) is 6.42. The molecular formula is C15H22N2O. The normalized spacial score (nSPS) is 12.8. The van der Waals surface area contributed by atoms with Crippen molar-refractivity contribution < 1.29 is 4.74 Å². The van der Waals surface area contributed by atoms with Gasteiger partial charge in [-0.2, -0.15) is 5.26 Å². The van der Waals surface area contributed by atoms with Crippen LogP contribution in [-0.2, 0) is 0 Å². The topological polar surface area (TPSA) is 45.0 Å². The van der Waals surface area contributed by atoms with Crippen LogP contribution in [-0.4, -0.2) is 13.2 Å². The second-order valence-corrected chi connectivity index (χ2v) is 5.07. The third-order valence-electron chi connectivity index (χ3n) is 2.84. The SMILES string of the molecule is CCOc1ccccc1C(C)NCC(C)(C)C#N. The first kappa shape index (κ1) is 14.5. The smallest absolute Gasteiger partial charge is 0.124 e. The van der Waals surface area contributed by atoms with E-state index >= 15 is 0 Å². The van der Waals surface area contributed by atoms with Crippen LogP contribution < -0.4 is 10.1 Å². The molecule has 0 saturated heterocycles. The summed E-state index contributed by atoms with van der Waals surface area (Å²) in [6.45, 7) is 9.25. The molecule has 0 amide bonds. The summed E-state index contributed by atoms with van der Waals surface area (Å²) in [5.41, 5.74) is 0.780. The van der Waals surface area contributed by atoms with Crippen molar-refractivity contribution in [3.63, 3.8) is 0 Å². The molecule has 0 aliphatic rings. The Balaban J connectivity index is 2.72. The van der Waals surface area contributed by atoms with Crippen LogP contribution >= 0.6 is 0 Å². The molecule has 1 aromatic rings. The molecule has 3 nitrogen and oxygen atoms in total. The van der Waals surface area contributed by atoms with Gasteiger partial charge in [0.05, 0.1) is 18.1 Å². The Morgan fingerprint density at radius 3 is 2.67 bits per heavy atom. The standard InChI is InChI=1S/C15H22N2O/c1-5-18-14-9-7-6-8-13(14)12(2)17-11-15(3,4)10-16/h6-9,12,17H,5,11H2,1-4H3. The van der Waals surface area contributed by atoms with Gasteiger partial charge in [-0.1, -0.05) is 18.2 Å². The summed E-state index contributed by atoms with van der Waals surface area (Å²) in [4.78, 5) is 0. The van der Waals surface area contributed by atoms with Crippen molar-refractivity contribution in [3.8, 4) is 11.8 Å². The molecule has 98 valence electrons. The Hall–Kier alpha value is -1.53. The van der Waals surface area contributed by atoms with Crippen molar-refractivity contribution in [3.05, 3.63) is 29.8 Å². The van der Waals surface area contributed by atoms with Crippen LogP contribution in [0.5, 0.6) is 5.75 Å². The summed E-state index contributed by atoms with van der Waals surface area (Å²) in [6, 6.07) is 10.5. The van der Waals surface area contributed by atoms with E-state index in [4.69, 9.17) is 10.00 Å². The molecule has 1 N–H and O–H groups in total. The highest BCUT2D eigenvalue weighted by Gasteiger charge is 2.19. The highest BCUT2D eigenvalue weighted by Crippen LogP contribution is 2.25. The third-order valence-corrected chi connectivity index (χ3v) is 2.84. The quantitative estimate of drug-likeness (QED) is 0.837. The zero-order chi connectivity index (χ0) is 13.6. The minimum atomic E-state index is -0.352. The van der Waals surface area contributed by atoms with Crippen LogP contribution in [0.2, 0.25) is 0 Å². The minimum Gasteiger partial charge on any atom is -0.494 e. The van der Waals surface area contributed by atoms with Crippen LogP contribution in [0.15, 0.2) is 24.3 Å². The Morgan fingerprint density at radius 2 is 2.06 bits per heavy atom. The summed E-state index contributed by atoms with van der Waals surface area (Å²) in [6.07, 6.45) is 0. The Morgan fingerprint density at radius 1 is 1.39 bits per heavy atom. The van der Waals surface area contributed by atoms with Gasteiger partial charge in [-0.3, -0.25) is 0 Å². The number of rotatable bonds is 6. The summed E-state index contributed by atoms with van der Waals surface area (Å²) in [5.74, 6) is 0.912. The molecule has 0 heterocycles. The number of benzene rings is 1. The molecule has 0 spiro atoms. The number of ether oxygens (including phenoxy) is 1. The molecule has 0 aromatic heterocycles. The number of nitrogens with one attached hydrogen (secondary N) is 1. The van der Waals surface area contributed by atoms with E-state index in [1.54, 1.807) is 0 Å². The van der Waals surface area contributed by atoms with Crippen molar-refractivity contribution in [2.45, 2.75) is 33.7 Å². The van der Waals surface area contributed by atoms with Crippen LogP contribution in [0.1, 0.15) is 39.3 Å². The first-order valence-electron chi connectivity index (χ1n) is 6.36. The number of nitrogens with zero attached hydrogens (tertiary/aromatic N) is 1.